The molecule has 0 aliphatic carbocycles. The molecule has 0 fully saturated rings. The summed E-state index contributed by atoms with van der Waals surface area (Å²) in [6, 6.07) is 8.11. The molecule has 6 nitrogen and oxygen atoms in total. The standard InChI is InChI=1S/C15H17NO5/c1-19-8-2-7-16-14(17)10-20-12-5-3-11-4-6-15(18)21-13(11)9-12/h3-6,9H,2,7-8,10H2,1H3,(H,16,17). The van der Waals surface area contributed by atoms with Gasteiger partial charge in [-0.3, -0.25) is 4.79 Å². The van der Waals surface area contributed by atoms with E-state index in [0.717, 1.165) is 11.8 Å². The molecule has 0 unspecified atom stereocenters. The second-order valence-electron chi connectivity index (χ2n) is 4.44. The highest BCUT2D eigenvalue weighted by molar-refractivity contribution is 5.79. The van der Waals surface area contributed by atoms with E-state index in [2.05, 4.69) is 5.32 Å². The maximum atomic E-state index is 11.5. The van der Waals surface area contributed by atoms with Gasteiger partial charge in [0.1, 0.15) is 11.3 Å². The van der Waals surface area contributed by atoms with Crippen molar-refractivity contribution in [2.45, 2.75) is 6.42 Å². The van der Waals surface area contributed by atoms with Gasteiger partial charge in [0, 0.05) is 37.8 Å². The average Bonchev–Trinajstić information content (AvgIpc) is 2.49. The number of nitrogens with one attached hydrogen (secondary N) is 1. The number of fused-ring (bicyclic) bond motifs is 1. The third-order valence-corrected chi connectivity index (χ3v) is 2.81. The topological polar surface area (TPSA) is 77.8 Å². The van der Waals surface area contributed by atoms with Crippen molar-refractivity contribution in [2.24, 2.45) is 0 Å². The summed E-state index contributed by atoms with van der Waals surface area (Å²) in [7, 11) is 1.61. The van der Waals surface area contributed by atoms with Crippen LogP contribution in [0.5, 0.6) is 5.75 Å². The Bertz CT molecular complexity index is 664. The minimum Gasteiger partial charge on any atom is -0.484 e. The summed E-state index contributed by atoms with van der Waals surface area (Å²) in [6.07, 6.45) is 0.753. The van der Waals surface area contributed by atoms with Crippen molar-refractivity contribution in [1.82, 2.24) is 5.32 Å². The first-order valence-corrected chi connectivity index (χ1v) is 6.61. The third kappa shape index (κ3) is 4.61. The zero-order valence-corrected chi connectivity index (χ0v) is 11.8. The highest BCUT2D eigenvalue weighted by Gasteiger charge is 2.04. The summed E-state index contributed by atoms with van der Waals surface area (Å²) < 4.78 is 15.3. The van der Waals surface area contributed by atoms with E-state index in [-0.39, 0.29) is 12.5 Å². The van der Waals surface area contributed by atoms with Gasteiger partial charge in [0.25, 0.3) is 5.91 Å². The molecule has 0 aliphatic heterocycles. The first-order valence-electron chi connectivity index (χ1n) is 6.61. The number of hydrogen-bond donors (Lipinski definition) is 1. The molecule has 2 rings (SSSR count). The van der Waals surface area contributed by atoms with Crippen molar-refractivity contribution in [3.8, 4) is 5.75 Å². The minimum atomic E-state index is -0.421. The van der Waals surface area contributed by atoms with Crippen LogP contribution in [0.2, 0.25) is 0 Å². The molecule has 1 N–H and O–H groups in total. The molecule has 0 aliphatic rings. The Morgan fingerprint density at radius 3 is 2.90 bits per heavy atom. The molecule has 0 bridgehead atoms. The van der Waals surface area contributed by atoms with Crippen molar-refractivity contribution in [3.63, 3.8) is 0 Å². The van der Waals surface area contributed by atoms with Crippen molar-refractivity contribution < 1.29 is 18.7 Å². The second-order valence-corrected chi connectivity index (χ2v) is 4.44. The molecule has 6 heteroatoms. The van der Waals surface area contributed by atoms with Crippen molar-refractivity contribution in [3.05, 3.63) is 40.8 Å². The summed E-state index contributed by atoms with van der Waals surface area (Å²) in [6.45, 7) is 1.06. The highest BCUT2D eigenvalue weighted by Crippen LogP contribution is 2.19. The average molecular weight is 291 g/mol. The molecule has 2 aromatic rings. The Morgan fingerprint density at radius 1 is 1.29 bits per heavy atom. The molecular formula is C15H17NO5. The van der Waals surface area contributed by atoms with E-state index in [4.69, 9.17) is 13.9 Å². The molecular weight excluding hydrogens is 274 g/mol. The molecule has 0 atom stereocenters. The largest absolute Gasteiger partial charge is 0.484 e. The van der Waals surface area contributed by atoms with Crippen LogP contribution in [-0.2, 0) is 9.53 Å². The van der Waals surface area contributed by atoms with Gasteiger partial charge in [-0.05, 0) is 24.6 Å². The zero-order valence-electron chi connectivity index (χ0n) is 11.8. The molecule has 1 aromatic heterocycles. The molecule has 21 heavy (non-hydrogen) atoms. The van der Waals surface area contributed by atoms with Crippen LogP contribution >= 0.6 is 0 Å². The zero-order chi connectivity index (χ0) is 15.1. The van der Waals surface area contributed by atoms with Gasteiger partial charge in [-0.25, -0.2) is 4.79 Å². The summed E-state index contributed by atoms with van der Waals surface area (Å²) in [4.78, 5) is 22.7. The quantitative estimate of drug-likeness (QED) is 0.615. The van der Waals surface area contributed by atoms with Gasteiger partial charge >= 0.3 is 5.63 Å². The van der Waals surface area contributed by atoms with Crippen LogP contribution in [0.4, 0.5) is 0 Å². The van der Waals surface area contributed by atoms with Crippen molar-refractivity contribution in [1.29, 1.82) is 0 Å². The number of benzene rings is 1. The molecule has 1 heterocycles. The van der Waals surface area contributed by atoms with E-state index < -0.39 is 5.63 Å². The number of rotatable bonds is 7. The number of methoxy groups -OCH3 is 1. The van der Waals surface area contributed by atoms with Gasteiger partial charge in [0.2, 0.25) is 0 Å². The van der Waals surface area contributed by atoms with Crippen LogP contribution in [0.15, 0.2) is 39.5 Å². The van der Waals surface area contributed by atoms with Crippen LogP contribution in [0.3, 0.4) is 0 Å². The maximum Gasteiger partial charge on any atom is 0.336 e. The first kappa shape index (κ1) is 15.1. The van der Waals surface area contributed by atoms with Gasteiger partial charge in [0.05, 0.1) is 0 Å². The normalized spacial score (nSPS) is 10.5. The van der Waals surface area contributed by atoms with Gasteiger partial charge < -0.3 is 19.2 Å². The lowest BCUT2D eigenvalue weighted by molar-refractivity contribution is -0.123. The number of carbonyl (C=O) groups excluding carboxylic acids is 1. The highest BCUT2D eigenvalue weighted by atomic mass is 16.5. The molecule has 0 spiro atoms. The number of carbonyl (C=O) groups is 1. The van der Waals surface area contributed by atoms with Crippen molar-refractivity contribution >= 4 is 16.9 Å². The Kier molecular flexibility index (Phi) is 5.34. The Morgan fingerprint density at radius 2 is 2.10 bits per heavy atom. The van der Waals surface area contributed by atoms with E-state index >= 15 is 0 Å². The summed E-state index contributed by atoms with van der Waals surface area (Å²) >= 11 is 0. The lowest BCUT2D eigenvalue weighted by atomic mass is 10.2. The van der Waals surface area contributed by atoms with Crippen LogP contribution in [0.1, 0.15) is 6.42 Å². The van der Waals surface area contributed by atoms with Crippen LogP contribution in [0.25, 0.3) is 11.0 Å². The SMILES string of the molecule is COCCCNC(=O)COc1ccc2ccc(=O)oc2c1. The van der Waals surface area contributed by atoms with E-state index in [1.165, 1.54) is 6.07 Å². The fraction of sp³-hybridized carbons (Fsp3) is 0.333. The second kappa shape index (κ2) is 7.44. The number of amides is 1. The monoisotopic (exact) mass is 291 g/mol. The molecule has 112 valence electrons. The Hall–Kier alpha value is -2.34. The number of ether oxygens (including phenoxy) is 2. The van der Waals surface area contributed by atoms with Crippen LogP contribution in [-0.4, -0.2) is 32.8 Å². The lowest BCUT2D eigenvalue weighted by Gasteiger charge is -2.07. The predicted molar refractivity (Wildman–Crippen MR) is 77.5 cm³/mol. The molecule has 1 aromatic carbocycles. The van der Waals surface area contributed by atoms with Gasteiger partial charge in [-0.15, -0.1) is 0 Å². The maximum absolute atomic E-state index is 11.5. The van der Waals surface area contributed by atoms with Crippen LogP contribution < -0.4 is 15.7 Å². The summed E-state index contributed by atoms with van der Waals surface area (Å²) in [5, 5.41) is 3.51. The fourth-order valence-corrected chi connectivity index (χ4v) is 1.77. The predicted octanol–water partition coefficient (Wildman–Crippen LogP) is 1.32. The van der Waals surface area contributed by atoms with Gasteiger partial charge in [-0.1, -0.05) is 0 Å². The Balaban J connectivity index is 1.88. The van der Waals surface area contributed by atoms with Crippen molar-refractivity contribution in [2.75, 3.05) is 26.9 Å². The molecule has 0 radical (unpaired) electrons. The smallest absolute Gasteiger partial charge is 0.336 e. The Labute approximate surface area is 121 Å². The lowest BCUT2D eigenvalue weighted by Crippen LogP contribution is -2.30. The van der Waals surface area contributed by atoms with E-state index in [1.54, 1.807) is 31.4 Å². The van der Waals surface area contributed by atoms with Gasteiger partial charge in [0.15, 0.2) is 6.61 Å². The fourth-order valence-electron chi connectivity index (χ4n) is 1.77. The molecule has 0 saturated carbocycles. The van der Waals surface area contributed by atoms with E-state index in [1.807, 2.05) is 0 Å². The molecule has 1 amide bonds. The third-order valence-electron chi connectivity index (χ3n) is 2.81. The first-order chi connectivity index (χ1) is 10.2. The minimum absolute atomic E-state index is 0.0877. The van der Waals surface area contributed by atoms with Crippen LogP contribution in [0, 0.1) is 0 Å². The summed E-state index contributed by atoms with van der Waals surface area (Å²) in [5.74, 6) is 0.268. The van der Waals surface area contributed by atoms with E-state index in [0.29, 0.717) is 24.5 Å². The van der Waals surface area contributed by atoms with Gasteiger partial charge in [-0.2, -0.15) is 0 Å². The number of hydrogen-bond acceptors (Lipinski definition) is 5. The molecule has 0 saturated heterocycles. The summed E-state index contributed by atoms with van der Waals surface area (Å²) in [5.41, 5.74) is 0.0102. The van der Waals surface area contributed by atoms with E-state index in [9.17, 15) is 9.59 Å².